The molecule has 0 aliphatic carbocycles. The molecule has 1 saturated heterocycles. The van der Waals surface area contributed by atoms with Crippen LogP contribution in [-0.2, 0) is 6.54 Å². The Balaban J connectivity index is 1.75. The van der Waals surface area contributed by atoms with Gasteiger partial charge in [0.25, 0.3) is 0 Å². The minimum atomic E-state index is 0.684. The Labute approximate surface area is 93.7 Å². The molecular weight excluding hydrogens is 212 g/mol. The molecule has 14 heavy (non-hydrogen) atoms. The summed E-state index contributed by atoms with van der Waals surface area (Å²) in [5, 5.41) is 7.87. The number of hydrogen-bond donors (Lipinski definition) is 1. The van der Waals surface area contributed by atoms with E-state index in [4.69, 9.17) is 0 Å². The van der Waals surface area contributed by atoms with E-state index in [1.807, 2.05) is 11.8 Å². The maximum Gasteiger partial charge on any atom is 0.0421 e. The average Bonchev–Trinajstić information content (AvgIpc) is 2.76. The lowest BCUT2D eigenvalue weighted by atomic mass is 10.3. The van der Waals surface area contributed by atoms with Gasteiger partial charge in [0.05, 0.1) is 0 Å². The second-order valence-electron chi connectivity index (χ2n) is 3.74. The van der Waals surface area contributed by atoms with Gasteiger partial charge in [0.15, 0.2) is 0 Å². The van der Waals surface area contributed by atoms with Gasteiger partial charge >= 0.3 is 0 Å². The van der Waals surface area contributed by atoms with Gasteiger partial charge in [0, 0.05) is 30.8 Å². The summed E-state index contributed by atoms with van der Waals surface area (Å²) in [4.78, 5) is 2.39. The zero-order chi connectivity index (χ0) is 9.80. The molecule has 78 valence electrons. The Bertz CT molecular complexity index is 255. The number of thioether (sulfide) groups is 1. The van der Waals surface area contributed by atoms with E-state index in [1.165, 1.54) is 11.3 Å². The molecule has 1 fully saturated rings. The van der Waals surface area contributed by atoms with E-state index in [0.717, 1.165) is 19.0 Å². The summed E-state index contributed by atoms with van der Waals surface area (Å²) < 4.78 is 0. The Morgan fingerprint density at radius 1 is 1.64 bits per heavy atom. The van der Waals surface area contributed by atoms with E-state index >= 15 is 0 Å². The fourth-order valence-electron chi connectivity index (χ4n) is 1.69. The van der Waals surface area contributed by atoms with Crippen molar-refractivity contribution in [3.63, 3.8) is 0 Å². The summed E-state index contributed by atoms with van der Waals surface area (Å²) in [6.45, 7) is 2.23. The third-order valence-electron chi connectivity index (χ3n) is 2.36. The van der Waals surface area contributed by atoms with Gasteiger partial charge in [0.1, 0.15) is 0 Å². The summed E-state index contributed by atoms with van der Waals surface area (Å²) in [7, 11) is 2.20. The molecule has 1 aromatic heterocycles. The minimum absolute atomic E-state index is 0.684. The van der Waals surface area contributed by atoms with Crippen molar-refractivity contribution in [2.24, 2.45) is 0 Å². The number of hydrogen-bond acceptors (Lipinski definition) is 4. The first kappa shape index (κ1) is 10.5. The van der Waals surface area contributed by atoms with Crippen LogP contribution in [0.1, 0.15) is 5.56 Å². The van der Waals surface area contributed by atoms with Gasteiger partial charge in [-0.1, -0.05) is 0 Å². The Kier molecular flexibility index (Phi) is 3.87. The number of nitrogens with one attached hydrogen (secondary N) is 1. The molecule has 1 N–H and O–H groups in total. The lowest BCUT2D eigenvalue weighted by molar-refractivity contribution is 0.300. The van der Waals surface area contributed by atoms with Gasteiger partial charge in [-0.15, -0.1) is 11.8 Å². The number of rotatable bonds is 4. The zero-order valence-electron chi connectivity index (χ0n) is 8.40. The van der Waals surface area contributed by atoms with Crippen LogP contribution in [-0.4, -0.2) is 36.2 Å². The quantitative estimate of drug-likeness (QED) is 0.846. The molecule has 4 heteroatoms. The molecule has 1 unspecified atom stereocenters. The smallest absolute Gasteiger partial charge is 0.0421 e. The standard InChI is InChI=1S/C10H16N2S2/c1-12(4-9-2-3-13-6-9)5-10-7-14-8-11-10/h2-3,6,10-11H,4-5,7-8H2,1H3. The molecule has 1 atom stereocenters. The second kappa shape index (κ2) is 5.16. The maximum absolute atomic E-state index is 3.49. The highest BCUT2D eigenvalue weighted by molar-refractivity contribution is 7.99. The molecule has 0 saturated carbocycles. The Morgan fingerprint density at radius 2 is 2.57 bits per heavy atom. The molecule has 0 aromatic carbocycles. The van der Waals surface area contributed by atoms with E-state index in [-0.39, 0.29) is 0 Å². The predicted molar refractivity (Wildman–Crippen MR) is 64.9 cm³/mol. The van der Waals surface area contributed by atoms with Gasteiger partial charge in [-0.25, -0.2) is 0 Å². The van der Waals surface area contributed by atoms with Gasteiger partial charge in [-0.05, 0) is 29.4 Å². The molecule has 2 rings (SSSR count). The largest absolute Gasteiger partial charge is 0.303 e. The minimum Gasteiger partial charge on any atom is -0.303 e. The van der Waals surface area contributed by atoms with Crippen molar-refractivity contribution in [1.29, 1.82) is 0 Å². The summed E-state index contributed by atoms with van der Waals surface area (Å²) in [6.07, 6.45) is 0. The Morgan fingerprint density at radius 3 is 3.21 bits per heavy atom. The van der Waals surface area contributed by atoms with E-state index < -0.39 is 0 Å². The van der Waals surface area contributed by atoms with Crippen molar-refractivity contribution >= 4 is 23.1 Å². The van der Waals surface area contributed by atoms with E-state index in [1.54, 1.807) is 11.3 Å². The van der Waals surface area contributed by atoms with Gasteiger partial charge in [0.2, 0.25) is 0 Å². The monoisotopic (exact) mass is 228 g/mol. The molecule has 1 aliphatic rings. The molecule has 0 bridgehead atoms. The maximum atomic E-state index is 3.49. The summed E-state index contributed by atoms with van der Waals surface area (Å²) in [5.41, 5.74) is 1.43. The third kappa shape index (κ3) is 2.98. The number of likely N-dealkylation sites (N-methyl/N-ethyl adjacent to an activating group) is 1. The van der Waals surface area contributed by atoms with E-state index in [0.29, 0.717) is 6.04 Å². The summed E-state index contributed by atoms with van der Waals surface area (Å²) in [6, 6.07) is 2.89. The molecular formula is C10H16N2S2. The summed E-state index contributed by atoms with van der Waals surface area (Å²) in [5.74, 6) is 2.38. The van der Waals surface area contributed by atoms with Crippen molar-refractivity contribution in [2.45, 2.75) is 12.6 Å². The number of thiophene rings is 1. The van der Waals surface area contributed by atoms with Crippen LogP contribution in [0.3, 0.4) is 0 Å². The highest BCUT2D eigenvalue weighted by atomic mass is 32.2. The van der Waals surface area contributed by atoms with Gasteiger partial charge in [-0.2, -0.15) is 11.3 Å². The first-order valence-corrected chi connectivity index (χ1v) is 6.95. The van der Waals surface area contributed by atoms with Gasteiger partial charge in [-0.3, -0.25) is 0 Å². The molecule has 1 aromatic rings. The van der Waals surface area contributed by atoms with E-state index in [9.17, 15) is 0 Å². The second-order valence-corrected chi connectivity index (χ2v) is 5.55. The molecule has 1 aliphatic heterocycles. The van der Waals surface area contributed by atoms with Crippen molar-refractivity contribution in [3.05, 3.63) is 22.4 Å². The van der Waals surface area contributed by atoms with Crippen LogP contribution in [0.15, 0.2) is 16.8 Å². The van der Waals surface area contributed by atoms with Crippen LogP contribution in [0.5, 0.6) is 0 Å². The average molecular weight is 228 g/mol. The fourth-order valence-corrected chi connectivity index (χ4v) is 3.33. The van der Waals surface area contributed by atoms with Crippen LogP contribution in [0.4, 0.5) is 0 Å². The Hall–Kier alpha value is -0.0300. The third-order valence-corrected chi connectivity index (χ3v) is 4.10. The highest BCUT2D eigenvalue weighted by Crippen LogP contribution is 2.12. The van der Waals surface area contributed by atoms with Crippen molar-refractivity contribution < 1.29 is 0 Å². The molecule has 0 spiro atoms. The normalized spacial score (nSPS) is 22.0. The number of nitrogens with zero attached hydrogens (tertiary/aromatic N) is 1. The lowest BCUT2D eigenvalue weighted by Crippen LogP contribution is -2.36. The van der Waals surface area contributed by atoms with E-state index in [2.05, 4.69) is 34.1 Å². The van der Waals surface area contributed by atoms with Gasteiger partial charge < -0.3 is 10.2 Å². The van der Waals surface area contributed by atoms with Crippen LogP contribution < -0.4 is 5.32 Å². The molecule has 0 radical (unpaired) electrons. The highest BCUT2D eigenvalue weighted by Gasteiger charge is 2.16. The zero-order valence-corrected chi connectivity index (χ0v) is 10.0. The van der Waals surface area contributed by atoms with Crippen LogP contribution >= 0.6 is 23.1 Å². The lowest BCUT2D eigenvalue weighted by Gasteiger charge is -2.19. The van der Waals surface area contributed by atoms with Crippen molar-refractivity contribution in [3.8, 4) is 0 Å². The summed E-state index contributed by atoms with van der Waals surface area (Å²) >= 11 is 3.77. The first-order valence-electron chi connectivity index (χ1n) is 4.85. The predicted octanol–water partition coefficient (Wildman–Crippen LogP) is 1.84. The van der Waals surface area contributed by atoms with Crippen LogP contribution in [0.2, 0.25) is 0 Å². The SMILES string of the molecule is CN(Cc1ccsc1)CC1CSCN1. The van der Waals surface area contributed by atoms with Crippen LogP contribution in [0, 0.1) is 0 Å². The fraction of sp³-hybridized carbons (Fsp3) is 0.600. The molecule has 2 heterocycles. The molecule has 0 amide bonds. The van der Waals surface area contributed by atoms with Crippen molar-refractivity contribution in [1.82, 2.24) is 10.2 Å². The topological polar surface area (TPSA) is 15.3 Å². The van der Waals surface area contributed by atoms with Crippen LogP contribution in [0.25, 0.3) is 0 Å². The van der Waals surface area contributed by atoms with Crippen molar-refractivity contribution in [2.75, 3.05) is 25.2 Å². The first-order chi connectivity index (χ1) is 6.84. The molecule has 2 nitrogen and oxygen atoms in total.